The summed E-state index contributed by atoms with van der Waals surface area (Å²) in [5.74, 6) is 0.0778. The fourth-order valence-electron chi connectivity index (χ4n) is 2.50. The van der Waals surface area contributed by atoms with E-state index in [9.17, 15) is 9.90 Å². The van der Waals surface area contributed by atoms with Crippen LogP contribution in [-0.4, -0.2) is 5.11 Å². The second kappa shape index (κ2) is 6.56. The average Bonchev–Trinajstić information content (AvgIpc) is 2.52. The van der Waals surface area contributed by atoms with E-state index < -0.39 is 5.63 Å². The monoisotopic (exact) mass is 373 g/mol. The molecule has 0 aliphatic heterocycles. The molecule has 0 bridgehead atoms. The molecule has 2 N–H and O–H groups in total. The molecule has 4 nitrogen and oxygen atoms in total. The van der Waals surface area contributed by atoms with Crippen LogP contribution in [0.5, 0.6) is 5.75 Å². The molecule has 0 aliphatic carbocycles. The highest BCUT2D eigenvalue weighted by Crippen LogP contribution is 2.23. The first-order valence-corrected chi connectivity index (χ1v) is 8.07. The first-order chi connectivity index (χ1) is 11.0. The van der Waals surface area contributed by atoms with Gasteiger partial charge in [0.15, 0.2) is 0 Å². The second-order valence-electron chi connectivity index (χ2n) is 5.43. The van der Waals surface area contributed by atoms with Gasteiger partial charge >= 0.3 is 5.63 Å². The first-order valence-electron chi connectivity index (χ1n) is 7.27. The van der Waals surface area contributed by atoms with E-state index in [1.807, 2.05) is 12.1 Å². The molecule has 3 aromatic rings. The molecule has 0 radical (unpaired) electrons. The smallest absolute Gasteiger partial charge is 0.336 e. The second-order valence-corrected chi connectivity index (χ2v) is 6.34. The fourth-order valence-corrected chi connectivity index (χ4v) is 2.76. The van der Waals surface area contributed by atoms with Crippen molar-refractivity contribution in [3.63, 3.8) is 0 Å². The van der Waals surface area contributed by atoms with Gasteiger partial charge in [0.25, 0.3) is 0 Å². The van der Waals surface area contributed by atoms with Crippen molar-refractivity contribution in [1.82, 2.24) is 5.32 Å². The maximum absolute atomic E-state index is 11.7. The third-order valence-corrected chi connectivity index (χ3v) is 4.31. The van der Waals surface area contributed by atoms with Crippen molar-refractivity contribution in [2.45, 2.75) is 19.5 Å². The predicted octanol–water partition coefficient (Wildman–Crippen LogP) is 4.11. The Morgan fingerprint density at radius 3 is 2.65 bits per heavy atom. The number of aromatic hydroxyl groups is 1. The third-order valence-electron chi connectivity index (χ3n) is 3.78. The van der Waals surface area contributed by atoms with E-state index in [1.165, 1.54) is 12.1 Å². The number of hydrogen-bond donors (Lipinski definition) is 2. The maximum atomic E-state index is 11.7. The summed E-state index contributed by atoms with van der Waals surface area (Å²) >= 11 is 3.43. The SMILES string of the molecule is C[C@H](NCc1cc(=O)oc2cc(O)ccc12)c1ccc(Br)cc1. The number of rotatable bonds is 4. The van der Waals surface area contributed by atoms with Crippen LogP contribution in [0.3, 0.4) is 0 Å². The van der Waals surface area contributed by atoms with Crippen molar-refractivity contribution in [1.29, 1.82) is 0 Å². The molecule has 0 spiro atoms. The van der Waals surface area contributed by atoms with Gasteiger partial charge in [-0.1, -0.05) is 28.1 Å². The largest absolute Gasteiger partial charge is 0.508 e. The van der Waals surface area contributed by atoms with Gasteiger partial charge < -0.3 is 14.8 Å². The first kappa shape index (κ1) is 15.8. The summed E-state index contributed by atoms with van der Waals surface area (Å²) in [4.78, 5) is 11.7. The Balaban J connectivity index is 1.84. The summed E-state index contributed by atoms with van der Waals surface area (Å²) in [6.45, 7) is 2.60. The normalized spacial score (nSPS) is 12.4. The molecule has 0 unspecified atom stereocenters. The van der Waals surface area contributed by atoms with Crippen molar-refractivity contribution in [3.05, 3.63) is 74.6 Å². The molecule has 1 heterocycles. The standard InChI is InChI=1S/C18H16BrNO3/c1-11(12-2-4-14(19)5-3-12)20-10-13-8-18(22)23-17-9-15(21)6-7-16(13)17/h2-9,11,20-21H,10H2,1H3/t11-/m0/s1. The number of benzene rings is 2. The van der Waals surface area contributed by atoms with Crippen molar-refractivity contribution in [2.24, 2.45) is 0 Å². The van der Waals surface area contributed by atoms with E-state index in [-0.39, 0.29) is 11.8 Å². The van der Waals surface area contributed by atoms with Crippen molar-refractivity contribution in [2.75, 3.05) is 0 Å². The topological polar surface area (TPSA) is 62.5 Å². The molecule has 2 aromatic carbocycles. The highest BCUT2D eigenvalue weighted by molar-refractivity contribution is 9.10. The van der Waals surface area contributed by atoms with Gasteiger partial charge in [0, 0.05) is 34.6 Å². The Morgan fingerprint density at radius 1 is 1.17 bits per heavy atom. The molecular weight excluding hydrogens is 358 g/mol. The van der Waals surface area contributed by atoms with Crippen LogP contribution in [0.4, 0.5) is 0 Å². The summed E-state index contributed by atoms with van der Waals surface area (Å²) in [7, 11) is 0. The van der Waals surface area contributed by atoms with Gasteiger partial charge in [-0.15, -0.1) is 0 Å². The minimum absolute atomic E-state index is 0.0778. The van der Waals surface area contributed by atoms with Crippen LogP contribution in [-0.2, 0) is 6.54 Å². The Labute approximate surface area is 141 Å². The zero-order valence-electron chi connectivity index (χ0n) is 12.5. The molecule has 0 fully saturated rings. The van der Waals surface area contributed by atoms with E-state index in [0.29, 0.717) is 12.1 Å². The molecule has 0 saturated heterocycles. The lowest BCUT2D eigenvalue weighted by molar-refractivity contribution is 0.473. The molecule has 1 atom stereocenters. The van der Waals surface area contributed by atoms with Gasteiger partial charge in [0.2, 0.25) is 0 Å². The lowest BCUT2D eigenvalue weighted by Crippen LogP contribution is -2.19. The number of phenols is 1. The Kier molecular flexibility index (Phi) is 4.50. The van der Waals surface area contributed by atoms with Crippen molar-refractivity contribution >= 4 is 26.9 Å². The number of fused-ring (bicyclic) bond motifs is 1. The van der Waals surface area contributed by atoms with Gasteiger partial charge in [-0.05, 0) is 42.3 Å². The molecule has 118 valence electrons. The molecule has 5 heteroatoms. The third kappa shape index (κ3) is 3.63. The van der Waals surface area contributed by atoms with E-state index >= 15 is 0 Å². The van der Waals surface area contributed by atoms with Gasteiger partial charge in [-0.2, -0.15) is 0 Å². The minimum Gasteiger partial charge on any atom is -0.508 e. The van der Waals surface area contributed by atoms with Crippen LogP contribution in [0.1, 0.15) is 24.1 Å². The zero-order valence-corrected chi connectivity index (χ0v) is 14.1. The molecule has 0 saturated carbocycles. The molecule has 0 aliphatic rings. The quantitative estimate of drug-likeness (QED) is 0.675. The van der Waals surface area contributed by atoms with E-state index in [1.54, 1.807) is 12.1 Å². The Hall–Kier alpha value is -2.11. The van der Waals surface area contributed by atoms with Crippen LogP contribution >= 0.6 is 15.9 Å². The molecule has 1 aromatic heterocycles. The highest BCUT2D eigenvalue weighted by Gasteiger charge is 2.09. The van der Waals surface area contributed by atoms with Gasteiger partial charge in [-0.3, -0.25) is 0 Å². The fraction of sp³-hybridized carbons (Fsp3) is 0.167. The van der Waals surface area contributed by atoms with Crippen LogP contribution in [0.2, 0.25) is 0 Å². The van der Waals surface area contributed by atoms with Gasteiger partial charge in [0.05, 0.1) is 0 Å². The number of nitrogens with one attached hydrogen (secondary N) is 1. The van der Waals surface area contributed by atoms with Gasteiger partial charge in [-0.25, -0.2) is 4.79 Å². The Bertz CT molecular complexity index is 887. The van der Waals surface area contributed by atoms with Crippen LogP contribution in [0.25, 0.3) is 11.0 Å². The lowest BCUT2D eigenvalue weighted by Gasteiger charge is -2.15. The molecule has 0 amide bonds. The average molecular weight is 374 g/mol. The van der Waals surface area contributed by atoms with Crippen molar-refractivity contribution in [3.8, 4) is 5.75 Å². The van der Waals surface area contributed by atoms with E-state index in [2.05, 4.69) is 40.3 Å². The van der Waals surface area contributed by atoms with Crippen LogP contribution < -0.4 is 10.9 Å². The summed E-state index contributed by atoms with van der Waals surface area (Å²) in [5, 5.41) is 13.7. The summed E-state index contributed by atoms with van der Waals surface area (Å²) in [5.41, 5.74) is 1.99. The van der Waals surface area contributed by atoms with Crippen molar-refractivity contribution < 1.29 is 9.52 Å². The summed E-state index contributed by atoms with van der Waals surface area (Å²) in [6.07, 6.45) is 0. The molecule has 3 rings (SSSR count). The van der Waals surface area contributed by atoms with Crippen LogP contribution in [0, 0.1) is 0 Å². The number of halogens is 1. The van der Waals surface area contributed by atoms with Crippen LogP contribution in [0.15, 0.2) is 62.2 Å². The van der Waals surface area contributed by atoms with Gasteiger partial charge in [0.1, 0.15) is 11.3 Å². The van der Waals surface area contributed by atoms with E-state index in [4.69, 9.17) is 4.42 Å². The Morgan fingerprint density at radius 2 is 1.91 bits per heavy atom. The summed E-state index contributed by atoms with van der Waals surface area (Å²) in [6, 6.07) is 14.5. The number of phenolic OH excluding ortho intramolecular Hbond substituents is 1. The lowest BCUT2D eigenvalue weighted by atomic mass is 10.1. The zero-order chi connectivity index (χ0) is 16.4. The number of hydrogen-bond acceptors (Lipinski definition) is 4. The summed E-state index contributed by atoms with van der Waals surface area (Å²) < 4.78 is 6.18. The minimum atomic E-state index is -0.420. The highest BCUT2D eigenvalue weighted by atomic mass is 79.9. The maximum Gasteiger partial charge on any atom is 0.336 e. The molecular formula is C18H16BrNO3. The van der Waals surface area contributed by atoms with E-state index in [0.717, 1.165) is 21.0 Å². The molecule has 23 heavy (non-hydrogen) atoms. The predicted molar refractivity (Wildman–Crippen MR) is 93.5 cm³/mol.